The number of nitrogens with zero attached hydrogens (tertiary/aromatic N) is 2. The van der Waals surface area contributed by atoms with Crippen LogP contribution < -0.4 is 15.0 Å². The number of methoxy groups -OCH3 is 1. The van der Waals surface area contributed by atoms with Crippen molar-refractivity contribution in [1.82, 2.24) is 4.98 Å². The molecule has 0 fully saturated rings. The Hall–Kier alpha value is -3.05. The van der Waals surface area contributed by atoms with Crippen molar-refractivity contribution in [3.05, 3.63) is 82.6 Å². The van der Waals surface area contributed by atoms with Crippen LogP contribution in [-0.2, 0) is 0 Å². The second-order valence-electron chi connectivity index (χ2n) is 6.30. The van der Waals surface area contributed by atoms with Crippen LogP contribution in [0.15, 0.2) is 60.8 Å². The number of aromatic nitrogens is 1. The Bertz CT molecular complexity index is 1010. The van der Waals surface area contributed by atoms with Gasteiger partial charge in [-0.2, -0.15) is 0 Å². The molecule has 2 heterocycles. The van der Waals surface area contributed by atoms with Gasteiger partial charge in [0.15, 0.2) is 6.17 Å². The molecule has 0 aliphatic carbocycles. The second-order valence-corrected chi connectivity index (χ2v) is 6.70. The van der Waals surface area contributed by atoms with Crippen LogP contribution in [0.5, 0.6) is 5.75 Å². The van der Waals surface area contributed by atoms with E-state index in [1.807, 2.05) is 43.3 Å². The van der Waals surface area contributed by atoms with Crippen LogP contribution in [0.3, 0.4) is 0 Å². The van der Waals surface area contributed by atoms with E-state index in [-0.39, 0.29) is 5.91 Å². The van der Waals surface area contributed by atoms with Gasteiger partial charge < -0.3 is 10.1 Å². The molecule has 136 valence electrons. The summed E-state index contributed by atoms with van der Waals surface area (Å²) in [7, 11) is 1.59. The van der Waals surface area contributed by atoms with Crippen molar-refractivity contribution in [2.75, 3.05) is 17.3 Å². The SMILES string of the molecule is COc1cc(Cl)c(C)cc1N[C@H]1c2ncccc2C(=O)N1c1ccccc1. The van der Waals surface area contributed by atoms with Crippen molar-refractivity contribution in [2.45, 2.75) is 13.1 Å². The summed E-state index contributed by atoms with van der Waals surface area (Å²) in [4.78, 5) is 19.2. The Kier molecular flexibility index (Phi) is 4.46. The lowest BCUT2D eigenvalue weighted by molar-refractivity contribution is 0.0993. The molecule has 2 aromatic carbocycles. The number of hydrogen-bond donors (Lipinski definition) is 1. The van der Waals surface area contributed by atoms with Crippen LogP contribution in [-0.4, -0.2) is 18.0 Å². The molecule has 0 radical (unpaired) electrons. The van der Waals surface area contributed by atoms with Crippen molar-refractivity contribution < 1.29 is 9.53 Å². The Morgan fingerprint density at radius 3 is 2.67 bits per heavy atom. The van der Waals surface area contributed by atoms with Crippen molar-refractivity contribution in [1.29, 1.82) is 0 Å². The number of halogens is 1. The first kappa shape index (κ1) is 17.4. The lowest BCUT2D eigenvalue weighted by Gasteiger charge is -2.27. The fraction of sp³-hybridized carbons (Fsp3) is 0.143. The molecule has 6 heteroatoms. The summed E-state index contributed by atoms with van der Waals surface area (Å²) in [6, 6.07) is 16.8. The zero-order valence-electron chi connectivity index (χ0n) is 14.9. The predicted octanol–water partition coefficient (Wildman–Crippen LogP) is 4.82. The third-order valence-electron chi connectivity index (χ3n) is 4.61. The number of hydrogen-bond acceptors (Lipinski definition) is 4. The van der Waals surface area contributed by atoms with Gasteiger partial charge in [-0.1, -0.05) is 29.8 Å². The zero-order valence-corrected chi connectivity index (χ0v) is 15.7. The quantitative estimate of drug-likeness (QED) is 0.705. The van der Waals surface area contributed by atoms with Crippen LogP contribution in [0.1, 0.15) is 27.8 Å². The van der Waals surface area contributed by atoms with E-state index in [9.17, 15) is 4.79 Å². The molecule has 0 bridgehead atoms. The Morgan fingerprint density at radius 2 is 1.93 bits per heavy atom. The van der Waals surface area contributed by atoms with E-state index in [1.165, 1.54) is 0 Å². The molecule has 1 N–H and O–H groups in total. The van der Waals surface area contributed by atoms with Crippen LogP contribution in [0.4, 0.5) is 11.4 Å². The first-order chi connectivity index (χ1) is 13.1. The number of amides is 1. The molecule has 0 spiro atoms. The number of fused-ring (bicyclic) bond motifs is 1. The first-order valence-corrected chi connectivity index (χ1v) is 8.92. The summed E-state index contributed by atoms with van der Waals surface area (Å²) < 4.78 is 5.48. The van der Waals surface area contributed by atoms with Crippen molar-refractivity contribution in [2.24, 2.45) is 0 Å². The molecular weight excluding hydrogens is 362 g/mol. The highest BCUT2D eigenvalue weighted by Gasteiger charge is 2.39. The maximum Gasteiger partial charge on any atom is 0.262 e. The second kappa shape index (κ2) is 6.93. The van der Waals surface area contributed by atoms with E-state index in [0.717, 1.165) is 16.9 Å². The minimum absolute atomic E-state index is 0.0912. The molecule has 1 aliphatic heterocycles. The third kappa shape index (κ3) is 3.00. The minimum Gasteiger partial charge on any atom is -0.495 e. The zero-order chi connectivity index (χ0) is 19.0. The Morgan fingerprint density at radius 1 is 1.15 bits per heavy atom. The summed E-state index contributed by atoms with van der Waals surface area (Å²) in [5, 5.41) is 4.05. The van der Waals surface area contributed by atoms with E-state index in [2.05, 4.69) is 10.3 Å². The van der Waals surface area contributed by atoms with Gasteiger partial charge in [-0.15, -0.1) is 0 Å². The van der Waals surface area contributed by atoms with Gasteiger partial charge in [0.2, 0.25) is 0 Å². The molecule has 1 aromatic heterocycles. The summed E-state index contributed by atoms with van der Waals surface area (Å²) >= 11 is 6.23. The molecule has 1 amide bonds. The van der Waals surface area contributed by atoms with Crippen LogP contribution in [0.2, 0.25) is 5.02 Å². The molecular formula is C21H18ClN3O2. The highest BCUT2D eigenvalue weighted by Crippen LogP contribution is 2.39. The van der Waals surface area contributed by atoms with Crippen molar-refractivity contribution >= 4 is 28.9 Å². The van der Waals surface area contributed by atoms with Gasteiger partial charge in [0, 0.05) is 23.0 Å². The maximum absolute atomic E-state index is 13.1. The van der Waals surface area contributed by atoms with Gasteiger partial charge in [0.1, 0.15) is 5.75 Å². The summed E-state index contributed by atoms with van der Waals surface area (Å²) in [6.45, 7) is 1.92. The number of rotatable bonds is 4. The average Bonchev–Trinajstić information content (AvgIpc) is 2.97. The molecule has 0 saturated carbocycles. The number of aryl methyl sites for hydroxylation is 1. The first-order valence-electron chi connectivity index (χ1n) is 8.54. The normalized spacial score (nSPS) is 15.6. The summed E-state index contributed by atoms with van der Waals surface area (Å²) in [6.07, 6.45) is 1.24. The number of benzene rings is 2. The number of pyridine rings is 1. The number of carbonyl (C=O) groups is 1. The largest absolute Gasteiger partial charge is 0.495 e. The number of anilines is 2. The standard InChI is InChI=1S/C21H18ClN3O2/c1-13-11-17(18(27-2)12-16(13)22)24-20-19-15(9-6-10-23-19)21(26)25(20)14-7-4-3-5-8-14/h3-12,20,24H,1-2H3/t20-/m1/s1. The van der Waals surface area contributed by atoms with Crippen LogP contribution >= 0.6 is 11.6 Å². The van der Waals surface area contributed by atoms with E-state index >= 15 is 0 Å². The monoisotopic (exact) mass is 379 g/mol. The number of nitrogens with one attached hydrogen (secondary N) is 1. The fourth-order valence-electron chi connectivity index (χ4n) is 3.27. The van der Waals surface area contributed by atoms with E-state index in [1.54, 1.807) is 36.4 Å². The fourth-order valence-corrected chi connectivity index (χ4v) is 3.42. The number of ether oxygens (including phenoxy) is 1. The van der Waals surface area contributed by atoms with E-state index in [4.69, 9.17) is 16.3 Å². The van der Waals surface area contributed by atoms with Gasteiger partial charge in [-0.05, 0) is 42.8 Å². The topological polar surface area (TPSA) is 54.5 Å². The molecule has 27 heavy (non-hydrogen) atoms. The van der Waals surface area contributed by atoms with Crippen LogP contribution in [0, 0.1) is 6.92 Å². The van der Waals surface area contributed by atoms with Crippen molar-refractivity contribution in [3.63, 3.8) is 0 Å². The smallest absolute Gasteiger partial charge is 0.262 e. The van der Waals surface area contributed by atoms with Gasteiger partial charge in [0.05, 0.1) is 24.1 Å². The predicted molar refractivity (Wildman–Crippen MR) is 107 cm³/mol. The maximum atomic E-state index is 13.1. The number of para-hydroxylation sites is 1. The lowest BCUT2D eigenvalue weighted by Crippen LogP contribution is -2.32. The number of carbonyl (C=O) groups excluding carboxylic acids is 1. The van der Waals surface area contributed by atoms with Gasteiger partial charge >= 0.3 is 0 Å². The summed E-state index contributed by atoms with van der Waals surface area (Å²) in [5.74, 6) is 0.516. The molecule has 5 nitrogen and oxygen atoms in total. The van der Waals surface area contributed by atoms with E-state index < -0.39 is 6.17 Å². The molecule has 4 rings (SSSR count). The van der Waals surface area contributed by atoms with Crippen LogP contribution in [0.25, 0.3) is 0 Å². The average molecular weight is 380 g/mol. The molecule has 0 unspecified atom stereocenters. The van der Waals surface area contributed by atoms with Gasteiger partial charge in [0.25, 0.3) is 5.91 Å². The third-order valence-corrected chi connectivity index (χ3v) is 5.02. The molecule has 0 saturated heterocycles. The molecule has 3 aromatic rings. The van der Waals surface area contributed by atoms with Crippen molar-refractivity contribution in [3.8, 4) is 5.75 Å². The highest BCUT2D eigenvalue weighted by molar-refractivity contribution is 6.31. The van der Waals surface area contributed by atoms with Gasteiger partial charge in [-0.3, -0.25) is 14.7 Å². The van der Waals surface area contributed by atoms with Gasteiger partial charge in [-0.25, -0.2) is 0 Å². The van der Waals surface area contributed by atoms with E-state index in [0.29, 0.717) is 22.0 Å². The Balaban J connectivity index is 1.81. The molecule has 1 aliphatic rings. The Labute approximate surface area is 162 Å². The summed E-state index contributed by atoms with van der Waals surface area (Å²) in [5.41, 5.74) is 3.72. The molecule has 1 atom stereocenters. The minimum atomic E-state index is -0.453. The lowest BCUT2D eigenvalue weighted by atomic mass is 10.1. The highest BCUT2D eigenvalue weighted by atomic mass is 35.5.